The van der Waals surface area contributed by atoms with Crippen molar-refractivity contribution >= 4 is 39.3 Å². The predicted molar refractivity (Wildman–Crippen MR) is 127 cm³/mol. The number of carbonyl (C=O) groups excluding carboxylic acids is 2. The summed E-state index contributed by atoms with van der Waals surface area (Å²) in [5, 5.41) is 12.4. The number of pyridine rings is 1. The number of carbonyl (C=O) groups is 2. The lowest BCUT2D eigenvalue weighted by Crippen LogP contribution is -2.51. The van der Waals surface area contributed by atoms with E-state index in [2.05, 4.69) is 27.5 Å². The molecular formula is C25H21BrClNO5. The van der Waals surface area contributed by atoms with Crippen LogP contribution in [0.25, 0.3) is 0 Å². The molecule has 33 heavy (non-hydrogen) atoms. The molecule has 0 saturated heterocycles. The first-order valence-electron chi connectivity index (χ1n) is 10.2. The van der Waals surface area contributed by atoms with Crippen LogP contribution in [0.15, 0.2) is 77.5 Å². The number of hydrogen-bond acceptors (Lipinski definition) is 6. The Morgan fingerprint density at radius 3 is 2.67 bits per heavy atom. The molecule has 6 nitrogen and oxygen atoms in total. The van der Waals surface area contributed by atoms with Crippen molar-refractivity contribution in [1.29, 1.82) is 0 Å². The zero-order valence-electron chi connectivity index (χ0n) is 17.9. The average Bonchev–Trinajstić information content (AvgIpc) is 3.16. The third kappa shape index (κ3) is 3.29. The van der Waals surface area contributed by atoms with Crippen LogP contribution in [0.5, 0.6) is 5.75 Å². The molecule has 2 heterocycles. The average molecular weight is 531 g/mol. The van der Waals surface area contributed by atoms with Crippen LogP contribution in [-0.2, 0) is 25.5 Å². The molecule has 1 N–H and O–H groups in total. The smallest absolute Gasteiger partial charge is 0.317 e. The van der Waals surface area contributed by atoms with Crippen LogP contribution in [0.1, 0.15) is 18.2 Å². The lowest BCUT2D eigenvalue weighted by atomic mass is 9.71. The first-order valence-corrected chi connectivity index (χ1v) is 11.3. The molecule has 0 bridgehead atoms. The highest BCUT2D eigenvalue weighted by molar-refractivity contribution is 9.10. The number of nitrogens with zero attached hydrogens (tertiary/aromatic N) is 1. The van der Waals surface area contributed by atoms with E-state index in [4.69, 9.17) is 21.1 Å². The quantitative estimate of drug-likeness (QED) is 0.344. The summed E-state index contributed by atoms with van der Waals surface area (Å²) in [5.41, 5.74) is -3.11. The van der Waals surface area contributed by atoms with Gasteiger partial charge in [-0.3, -0.25) is 14.6 Å². The molecule has 0 amide bonds. The molecule has 8 heteroatoms. The van der Waals surface area contributed by atoms with E-state index in [1.807, 2.05) is 13.0 Å². The number of halogens is 2. The molecule has 4 rings (SSSR count). The van der Waals surface area contributed by atoms with Gasteiger partial charge in [-0.2, -0.15) is 0 Å². The molecule has 1 aliphatic carbocycles. The van der Waals surface area contributed by atoms with Gasteiger partial charge in [0.2, 0.25) is 5.60 Å². The Kier molecular flexibility index (Phi) is 6.07. The summed E-state index contributed by atoms with van der Waals surface area (Å²) in [5.74, 6) is -3.74. The second kappa shape index (κ2) is 8.56. The number of rotatable bonds is 5. The van der Waals surface area contributed by atoms with Gasteiger partial charge in [0.25, 0.3) is 0 Å². The number of ether oxygens (including phenoxy) is 2. The molecule has 4 atom stereocenters. The Morgan fingerprint density at radius 1 is 1.33 bits per heavy atom. The van der Waals surface area contributed by atoms with Gasteiger partial charge in [0.1, 0.15) is 17.4 Å². The van der Waals surface area contributed by atoms with Gasteiger partial charge >= 0.3 is 5.97 Å². The Morgan fingerprint density at radius 2 is 2.03 bits per heavy atom. The lowest BCUT2D eigenvalue weighted by molar-refractivity contribution is -0.155. The monoisotopic (exact) mass is 529 g/mol. The zero-order chi connectivity index (χ0) is 24.0. The molecule has 2 aromatic rings. The molecule has 2 aliphatic rings. The highest BCUT2D eigenvalue weighted by Crippen LogP contribution is 2.65. The predicted octanol–water partition coefficient (Wildman–Crippen LogP) is 4.65. The van der Waals surface area contributed by atoms with Crippen molar-refractivity contribution in [1.82, 2.24) is 4.98 Å². The Bertz CT molecular complexity index is 1210. The van der Waals surface area contributed by atoms with E-state index in [0.29, 0.717) is 11.1 Å². The maximum Gasteiger partial charge on any atom is 0.317 e. The number of allylic oxidation sites excluding steroid dienone is 4. The van der Waals surface area contributed by atoms with Crippen molar-refractivity contribution in [3.05, 3.63) is 93.7 Å². The van der Waals surface area contributed by atoms with Crippen molar-refractivity contribution in [2.75, 3.05) is 7.11 Å². The Labute approximate surface area is 204 Å². The van der Waals surface area contributed by atoms with E-state index < -0.39 is 34.8 Å². The van der Waals surface area contributed by atoms with Crippen LogP contribution in [0, 0.1) is 11.8 Å². The van der Waals surface area contributed by atoms with Gasteiger partial charge in [-0.25, -0.2) is 0 Å². The van der Waals surface area contributed by atoms with Crippen LogP contribution in [0.4, 0.5) is 0 Å². The van der Waals surface area contributed by atoms with E-state index in [-0.39, 0.29) is 16.5 Å². The second-order valence-electron chi connectivity index (χ2n) is 7.86. The number of methoxy groups -OCH3 is 1. The van der Waals surface area contributed by atoms with E-state index in [0.717, 1.165) is 4.47 Å². The second-order valence-corrected chi connectivity index (χ2v) is 9.21. The highest BCUT2D eigenvalue weighted by atomic mass is 79.9. The number of Topliss-reactive ketones (excluding diaryl/α,β-unsaturated/α-hetero) is 1. The van der Waals surface area contributed by atoms with Gasteiger partial charge in [-0.1, -0.05) is 70.5 Å². The van der Waals surface area contributed by atoms with Crippen molar-refractivity contribution < 1.29 is 24.2 Å². The minimum Gasteiger partial charge on any atom is -0.476 e. The van der Waals surface area contributed by atoms with Gasteiger partial charge in [0, 0.05) is 16.7 Å². The number of benzene rings is 1. The molecule has 0 unspecified atom stereocenters. The number of esters is 1. The van der Waals surface area contributed by atoms with Crippen molar-refractivity contribution in [2.24, 2.45) is 11.8 Å². The minimum absolute atomic E-state index is 0.00135. The van der Waals surface area contributed by atoms with Crippen molar-refractivity contribution in [3.63, 3.8) is 0 Å². The zero-order valence-corrected chi connectivity index (χ0v) is 20.3. The number of aliphatic hydroxyl groups is 1. The maximum absolute atomic E-state index is 13.9. The van der Waals surface area contributed by atoms with Crippen molar-refractivity contribution in [3.8, 4) is 5.75 Å². The molecule has 0 radical (unpaired) electrons. The Balaban J connectivity index is 2.05. The number of hydrogen-bond donors (Lipinski definition) is 1. The Hall–Kier alpha value is -2.74. The summed E-state index contributed by atoms with van der Waals surface area (Å²) in [4.78, 5) is 31.0. The first-order chi connectivity index (χ1) is 15.7. The summed E-state index contributed by atoms with van der Waals surface area (Å²) >= 11 is 9.54. The minimum atomic E-state index is -2.28. The lowest BCUT2D eigenvalue weighted by Gasteiger charge is -2.39. The molecule has 1 aromatic carbocycles. The number of ketones is 1. The standard InChI is InChI=1S/C25H21BrClNO5/c1-4-5-6-7-14(2)20-19(23(30)32-3)22(29)24(31)21-18(12-17(27)13-28-21)33-25(20,24)15-8-10-16(26)11-9-15/h4-13,19-20,31H,2H2,1,3H3/b5-4-,7-6-/t19-,20-,24+,25+/m1/s1. The fourth-order valence-corrected chi connectivity index (χ4v) is 5.19. The molecular weight excluding hydrogens is 510 g/mol. The third-order valence-electron chi connectivity index (χ3n) is 6.12. The first kappa shape index (κ1) is 23.4. The highest BCUT2D eigenvalue weighted by Gasteiger charge is 2.78. The summed E-state index contributed by atoms with van der Waals surface area (Å²) in [6.07, 6.45) is 8.38. The fourth-order valence-electron chi connectivity index (χ4n) is 4.78. The van der Waals surface area contributed by atoms with Crippen LogP contribution >= 0.6 is 27.5 Å². The summed E-state index contributed by atoms with van der Waals surface area (Å²) < 4.78 is 12.2. The largest absolute Gasteiger partial charge is 0.476 e. The fraction of sp³-hybridized carbons (Fsp3) is 0.240. The van der Waals surface area contributed by atoms with Gasteiger partial charge in [0.15, 0.2) is 11.4 Å². The molecule has 1 saturated carbocycles. The van der Waals surface area contributed by atoms with Crippen LogP contribution in [-0.4, -0.2) is 29.0 Å². The van der Waals surface area contributed by atoms with Gasteiger partial charge < -0.3 is 14.6 Å². The number of aromatic nitrogens is 1. The van der Waals surface area contributed by atoms with E-state index in [9.17, 15) is 14.7 Å². The molecule has 0 spiro atoms. The van der Waals surface area contributed by atoms with Gasteiger partial charge in [-0.15, -0.1) is 0 Å². The third-order valence-corrected chi connectivity index (χ3v) is 6.86. The maximum atomic E-state index is 13.9. The van der Waals surface area contributed by atoms with E-state index in [1.54, 1.807) is 42.5 Å². The van der Waals surface area contributed by atoms with Crippen LogP contribution in [0.3, 0.4) is 0 Å². The van der Waals surface area contributed by atoms with Crippen molar-refractivity contribution in [2.45, 2.75) is 18.1 Å². The molecule has 1 fully saturated rings. The number of fused-ring (bicyclic) bond motifs is 3. The summed E-state index contributed by atoms with van der Waals surface area (Å²) in [7, 11) is 1.20. The molecule has 1 aliphatic heterocycles. The molecule has 170 valence electrons. The van der Waals surface area contributed by atoms with Crippen LogP contribution < -0.4 is 4.74 Å². The molecule has 1 aromatic heterocycles. The van der Waals surface area contributed by atoms with E-state index in [1.165, 1.54) is 19.4 Å². The normalized spacial score (nSPS) is 28.1. The van der Waals surface area contributed by atoms with Gasteiger partial charge in [-0.05, 0) is 30.2 Å². The van der Waals surface area contributed by atoms with Gasteiger partial charge in [0.05, 0.1) is 18.1 Å². The van der Waals surface area contributed by atoms with Crippen LogP contribution in [0.2, 0.25) is 5.02 Å². The summed E-state index contributed by atoms with van der Waals surface area (Å²) in [6.45, 7) is 6.00. The SMILES string of the molecule is C=C(/C=C\C=C/C)[C@@H]1[C@@H](C(=O)OC)C(=O)[C@@]2(O)c3ncc(Cl)cc3O[C@@]12c1ccc(Br)cc1. The topological polar surface area (TPSA) is 85.7 Å². The van der Waals surface area contributed by atoms with E-state index >= 15 is 0 Å². The summed E-state index contributed by atoms with van der Waals surface area (Å²) in [6, 6.07) is 8.49.